The number of carbonyl (C=O) groups is 2. The molecule has 0 radical (unpaired) electrons. The van der Waals surface area contributed by atoms with Crippen LogP contribution in [0.4, 0.5) is 4.79 Å². The van der Waals surface area contributed by atoms with Crippen molar-refractivity contribution in [1.29, 1.82) is 0 Å². The highest BCUT2D eigenvalue weighted by Crippen LogP contribution is 2.15. The number of hydrogen-bond acceptors (Lipinski definition) is 5. The molecule has 7 heteroatoms. The van der Waals surface area contributed by atoms with E-state index >= 15 is 0 Å². The summed E-state index contributed by atoms with van der Waals surface area (Å²) in [6, 6.07) is 7.60. The molecule has 0 saturated carbocycles. The number of benzene rings is 1. The van der Waals surface area contributed by atoms with E-state index in [1.165, 1.54) is 0 Å². The van der Waals surface area contributed by atoms with E-state index in [1.807, 2.05) is 13.0 Å². The van der Waals surface area contributed by atoms with Gasteiger partial charge in [-0.2, -0.15) is 0 Å². The van der Waals surface area contributed by atoms with Crippen molar-refractivity contribution in [3.63, 3.8) is 0 Å². The van der Waals surface area contributed by atoms with Crippen LogP contribution in [0.3, 0.4) is 0 Å². The van der Waals surface area contributed by atoms with Crippen molar-refractivity contribution in [2.75, 3.05) is 13.2 Å². The molecule has 1 aromatic carbocycles. The summed E-state index contributed by atoms with van der Waals surface area (Å²) in [7, 11) is 0. The number of carbonyl (C=O) groups excluding carboxylic acids is 1. The topological polar surface area (TPSA) is 107 Å². The summed E-state index contributed by atoms with van der Waals surface area (Å²) in [5, 5.41) is 26.4. The zero-order chi connectivity index (χ0) is 20.2. The molecule has 0 aliphatic carbocycles. The van der Waals surface area contributed by atoms with Crippen molar-refractivity contribution < 1.29 is 29.6 Å². The van der Waals surface area contributed by atoms with E-state index in [0.717, 1.165) is 10.5 Å². The van der Waals surface area contributed by atoms with Gasteiger partial charge >= 0.3 is 12.1 Å². The van der Waals surface area contributed by atoms with Crippen molar-refractivity contribution in [1.82, 2.24) is 4.90 Å². The summed E-state index contributed by atoms with van der Waals surface area (Å²) in [5.41, 5.74) is 0.00733. The molecular weight excluding hydrogens is 338 g/mol. The first-order chi connectivity index (χ1) is 12.2. The predicted molar refractivity (Wildman–Crippen MR) is 98.6 cm³/mol. The third-order valence-electron chi connectivity index (χ3n) is 3.00. The smallest absolute Gasteiger partial charge is 0.411 e. The molecular formula is C19H29NO6. The first-order valence-electron chi connectivity index (χ1n) is 8.25. The van der Waals surface area contributed by atoms with Gasteiger partial charge in [-0.15, -0.1) is 0 Å². The van der Waals surface area contributed by atoms with E-state index in [9.17, 15) is 14.7 Å². The Bertz CT molecular complexity index is 565. The lowest BCUT2D eigenvalue weighted by atomic mass is 10.1. The first-order valence-corrected chi connectivity index (χ1v) is 8.25. The number of aliphatic hydroxyl groups is 2. The van der Waals surface area contributed by atoms with Crippen molar-refractivity contribution in [3.8, 4) is 0 Å². The van der Waals surface area contributed by atoms with Crippen molar-refractivity contribution in [2.45, 2.75) is 45.9 Å². The second kappa shape index (κ2) is 12.1. The molecule has 0 saturated heterocycles. The van der Waals surface area contributed by atoms with Gasteiger partial charge in [-0.3, -0.25) is 4.90 Å². The highest BCUT2D eigenvalue weighted by atomic mass is 16.6. The van der Waals surface area contributed by atoms with E-state index in [1.54, 1.807) is 57.2 Å². The minimum absolute atomic E-state index is 0.0489. The molecule has 0 unspecified atom stereocenters. The van der Waals surface area contributed by atoms with Gasteiger partial charge in [-0.05, 0) is 33.3 Å². The fourth-order valence-electron chi connectivity index (χ4n) is 1.82. The number of aliphatic carboxylic acids is 1. The Balaban J connectivity index is 0.00000110. The lowest BCUT2D eigenvalue weighted by Crippen LogP contribution is -2.48. The molecule has 0 heterocycles. The number of nitrogens with zero attached hydrogens (tertiary/aromatic N) is 1. The van der Waals surface area contributed by atoms with Crippen LogP contribution in [-0.4, -0.2) is 57.1 Å². The number of ether oxygens (including phenoxy) is 1. The second-order valence-corrected chi connectivity index (χ2v) is 6.38. The quantitative estimate of drug-likeness (QED) is 0.667. The van der Waals surface area contributed by atoms with Gasteiger partial charge in [0.05, 0.1) is 19.8 Å². The van der Waals surface area contributed by atoms with Gasteiger partial charge in [0.25, 0.3) is 0 Å². The zero-order valence-corrected chi connectivity index (χ0v) is 15.8. The maximum absolute atomic E-state index is 12.2. The van der Waals surface area contributed by atoms with Gasteiger partial charge in [-0.25, -0.2) is 9.59 Å². The maximum Gasteiger partial charge on any atom is 0.411 e. The van der Waals surface area contributed by atoms with Crippen molar-refractivity contribution >= 4 is 12.1 Å². The number of allylic oxidation sites excluding steroid dienone is 1. The van der Waals surface area contributed by atoms with Crippen LogP contribution >= 0.6 is 0 Å². The maximum atomic E-state index is 12.2. The van der Waals surface area contributed by atoms with Gasteiger partial charge in [0.15, 0.2) is 6.04 Å². The number of hydrogen-bond donors (Lipinski definition) is 3. The minimum atomic E-state index is -1.35. The van der Waals surface area contributed by atoms with E-state index in [-0.39, 0.29) is 13.2 Å². The molecule has 146 valence electrons. The predicted octanol–water partition coefficient (Wildman–Crippen LogP) is 2.42. The number of carboxylic acid groups (broad SMARTS) is 1. The summed E-state index contributed by atoms with van der Waals surface area (Å²) in [4.78, 5) is 24.4. The molecule has 0 bridgehead atoms. The number of aliphatic hydroxyl groups excluding tert-OH is 2. The molecule has 3 N–H and O–H groups in total. The Morgan fingerprint density at radius 2 is 1.77 bits per heavy atom. The molecule has 0 fully saturated rings. The molecule has 0 aliphatic rings. The van der Waals surface area contributed by atoms with Crippen LogP contribution in [0.25, 0.3) is 0 Å². The fraction of sp³-hybridized carbons (Fsp3) is 0.474. The first kappa shape index (κ1) is 23.6. The SMILES string of the molecule is C/C=C/CO.CC(C)(C)OC(=O)N(Cc1ccccc1)[C@@H](CO)C(=O)O. The van der Waals surface area contributed by atoms with Gasteiger partial charge in [0.1, 0.15) is 5.60 Å². The van der Waals surface area contributed by atoms with Crippen LogP contribution in [0.1, 0.15) is 33.3 Å². The largest absolute Gasteiger partial charge is 0.480 e. The third kappa shape index (κ3) is 9.80. The highest BCUT2D eigenvalue weighted by molar-refractivity contribution is 5.80. The molecule has 0 aromatic heterocycles. The summed E-state index contributed by atoms with van der Waals surface area (Å²) in [6.07, 6.45) is 2.72. The molecule has 26 heavy (non-hydrogen) atoms. The van der Waals surface area contributed by atoms with Crippen LogP contribution in [0.15, 0.2) is 42.5 Å². The summed E-state index contributed by atoms with van der Waals surface area (Å²) in [6.45, 7) is 6.49. The molecule has 1 amide bonds. The Kier molecular flexibility index (Phi) is 10.9. The normalized spacial score (nSPS) is 12.1. The van der Waals surface area contributed by atoms with Crippen LogP contribution in [0.5, 0.6) is 0 Å². The average Bonchev–Trinajstić information content (AvgIpc) is 2.55. The molecule has 1 rings (SSSR count). The number of amides is 1. The van der Waals surface area contributed by atoms with Gasteiger partial charge < -0.3 is 20.1 Å². The zero-order valence-electron chi connectivity index (χ0n) is 15.8. The van der Waals surface area contributed by atoms with E-state index < -0.39 is 30.3 Å². The van der Waals surface area contributed by atoms with Gasteiger partial charge in [-0.1, -0.05) is 42.5 Å². The standard InChI is InChI=1S/C15H21NO5.C4H8O/c1-15(2,3)21-14(20)16(12(10-17)13(18)19)9-11-7-5-4-6-8-11;1-2-3-4-5/h4-8,12,17H,9-10H2,1-3H3,(H,18,19);2-3,5H,4H2,1H3/b;3-2+/t12-;/m0./s1. The molecule has 1 atom stereocenters. The van der Waals surface area contributed by atoms with Crippen molar-refractivity contribution in [2.24, 2.45) is 0 Å². The van der Waals surface area contributed by atoms with Crippen molar-refractivity contribution in [3.05, 3.63) is 48.0 Å². The van der Waals surface area contributed by atoms with Gasteiger partial charge in [0, 0.05) is 0 Å². The monoisotopic (exact) mass is 367 g/mol. The summed E-state index contributed by atoms with van der Waals surface area (Å²) < 4.78 is 5.22. The van der Waals surface area contributed by atoms with Crippen LogP contribution in [0.2, 0.25) is 0 Å². The minimum Gasteiger partial charge on any atom is -0.480 e. The lowest BCUT2D eigenvalue weighted by Gasteiger charge is -2.30. The molecule has 0 spiro atoms. The molecule has 1 aromatic rings. The number of rotatable bonds is 6. The average molecular weight is 367 g/mol. The van der Waals surface area contributed by atoms with E-state index in [0.29, 0.717) is 0 Å². The highest BCUT2D eigenvalue weighted by Gasteiger charge is 2.32. The Labute approximate surface area is 154 Å². The molecule has 7 nitrogen and oxygen atoms in total. The van der Waals surface area contributed by atoms with Gasteiger partial charge in [0.2, 0.25) is 0 Å². The summed E-state index contributed by atoms with van der Waals surface area (Å²) in [5.74, 6) is -1.28. The Morgan fingerprint density at radius 1 is 1.19 bits per heavy atom. The second-order valence-electron chi connectivity index (χ2n) is 6.38. The Morgan fingerprint density at radius 3 is 2.12 bits per heavy atom. The van der Waals surface area contributed by atoms with Crippen LogP contribution in [0, 0.1) is 0 Å². The van der Waals surface area contributed by atoms with E-state index in [4.69, 9.17) is 14.9 Å². The molecule has 0 aliphatic heterocycles. The fourth-order valence-corrected chi connectivity index (χ4v) is 1.82. The summed E-state index contributed by atoms with van der Waals surface area (Å²) >= 11 is 0. The van der Waals surface area contributed by atoms with Crippen LogP contribution < -0.4 is 0 Å². The third-order valence-corrected chi connectivity index (χ3v) is 3.00. The number of carboxylic acids is 1. The van der Waals surface area contributed by atoms with E-state index in [2.05, 4.69) is 0 Å². The Hall–Kier alpha value is -2.38. The van der Waals surface area contributed by atoms with Crippen LogP contribution in [-0.2, 0) is 16.1 Å². The lowest BCUT2D eigenvalue weighted by molar-refractivity contribution is -0.145.